The van der Waals surface area contributed by atoms with Gasteiger partial charge in [0.1, 0.15) is 0 Å². The van der Waals surface area contributed by atoms with E-state index < -0.39 is 5.97 Å². The number of carboxylic acids is 1. The molecule has 4 nitrogen and oxygen atoms in total. The Morgan fingerprint density at radius 1 is 1.17 bits per heavy atom. The number of hydrogen-bond donors (Lipinski definition) is 1. The third-order valence-electron chi connectivity index (χ3n) is 2.54. The van der Waals surface area contributed by atoms with Crippen molar-refractivity contribution in [2.24, 2.45) is 5.10 Å². The molecule has 0 atom stereocenters. The van der Waals surface area contributed by atoms with Crippen molar-refractivity contribution >= 4 is 17.4 Å². The molecule has 0 spiro atoms. The number of carbonyl (C=O) groups excluding carboxylic acids is 1. The van der Waals surface area contributed by atoms with Crippen LogP contribution in [0.25, 0.3) is 0 Å². The van der Waals surface area contributed by atoms with Gasteiger partial charge in [-0.25, -0.2) is 0 Å². The van der Waals surface area contributed by atoms with E-state index in [-0.39, 0.29) is 5.56 Å². The van der Waals surface area contributed by atoms with E-state index >= 15 is 0 Å². The van der Waals surface area contributed by atoms with Crippen LogP contribution < -0.4 is 10.5 Å². The molecule has 1 aromatic rings. The Morgan fingerprint density at radius 3 is 2.17 bits per heavy atom. The van der Waals surface area contributed by atoms with Gasteiger partial charge in [0.05, 0.1) is 11.7 Å². The molecule has 98 valence electrons. The summed E-state index contributed by atoms with van der Waals surface area (Å²) >= 11 is 0. The van der Waals surface area contributed by atoms with Crippen LogP contribution in [-0.2, 0) is 0 Å². The molecule has 0 saturated carbocycles. The van der Waals surface area contributed by atoms with E-state index in [0.29, 0.717) is 0 Å². The fourth-order valence-corrected chi connectivity index (χ4v) is 1.64. The van der Waals surface area contributed by atoms with Gasteiger partial charge in [-0.1, -0.05) is 38.8 Å². The lowest BCUT2D eigenvalue weighted by Crippen LogP contribution is -2.21. The number of anilines is 1. The number of hydrazone groups is 1. The minimum atomic E-state index is -1.16. The van der Waals surface area contributed by atoms with Crippen molar-refractivity contribution in [1.82, 2.24) is 0 Å². The maximum atomic E-state index is 10.6. The summed E-state index contributed by atoms with van der Waals surface area (Å²) in [7, 11) is 0. The molecule has 0 radical (unpaired) electrons. The van der Waals surface area contributed by atoms with Crippen LogP contribution in [0.4, 0.5) is 5.69 Å². The van der Waals surface area contributed by atoms with Gasteiger partial charge >= 0.3 is 0 Å². The molecule has 0 saturated heterocycles. The maximum Gasteiger partial charge on any atom is 0.0715 e. The molecule has 0 aliphatic rings. The third kappa shape index (κ3) is 4.57. The number of benzene rings is 1. The molecule has 1 aromatic carbocycles. The molecule has 0 unspecified atom stereocenters. The van der Waals surface area contributed by atoms with Crippen LogP contribution in [0.5, 0.6) is 0 Å². The Morgan fingerprint density at radius 2 is 1.72 bits per heavy atom. The third-order valence-corrected chi connectivity index (χ3v) is 2.54. The molecule has 0 aromatic heterocycles. The van der Waals surface area contributed by atoms with Crippen molar-refractivity contribution in [2.75, 3.05) is 5.43 Å². The molecular weight excluding hydrogens is 228 g/mol. The highest BCUT2D eigenvalue weighted by Crippen LogP contribution is 2.10. The second kappa shape index (κ2) is 7.48. The van der Waals surface area contributed by atoms with Crippen molar-refractivity contribution in [3.8, 4) is 0 Å². The lowest BCUT2D eigenvalue weighted by molar-refractivity contribution is -0.255. The average Bonchev–Trinajstić information content (AvgIpc) is 2.37. The molecule has 0 bridgehead atoms. The Labute approximate surface area is 108 Å². The topological polar surface area (TPSA) is 64.5 Å². The Bertz CT molecular complexity index is 402. The number of carbonyl (C=O) groups is 1. The summed E-state index contributed by atoms with van der Waals surface area (Å²) < 4.78 is 0. The van der Waals surface area contributed by atoms with Crippen LogP contribution in [0.15, 0.2) is 29.4 Å². The van der Waals surface area contributed by atoms with Gasteiger partial charge in [0.25, 0.3) is 0 Å². The lowest BCUT2D eigenvalue weighted by Gasteiger charge is -2.07. The predicted molar refractivity (Wildman–Crippen MR) is 71.6 cm³/mol. The van der Waals surface area contributed by atoms with E-state index in [4.69, 9.17) is 0 Å². The van der Waals surface area contributed by atoms with Gasteiger partial charge in [0.2, 0.25) is 0 Å². The molecule has 0 aliphatic heterocycles. The quantitative estimate of drug-likeness (QED) is 0.594. The molecule has 0 fully saturated rings. The number of aromatic carboxylic acids is 1. The average molecular weight is 247 g/mol. The summed E-state index contributed by atoms with van der Waals surface area (Å²) in [5.74, 6) is -1.16. The number of carboxylic acid groups (broad SMARTS) is 1. The van der Waals surface area contributed by atoms with Crippen molar-refractivity contribution in [1.29, 1.82) is 0 Å². The zero-order chi connectivity index (χ0) is 13.4. The molecule has 1 rings (SSSR count). The first-order valence-electron chi connectivity index (χ1n) is 6.30. The largest absolute Gasteiger partial charge is 0.545 e. The molecule has 1 N–H and O–H groups in total. The zero-order valence-corrected chi connectivity index (χ0v) is 10.9. The summed E-state index contributed by atoms with van der Waals surface area (Å²) in [4.78, 5) is 10.6. The van der Waals surface area contributed by atoms with E-state index in [1.165, 1.54) is 12.1 Å². The molecule has 4 heteroatoms. The lowest BCUT2D eigenvalue weighted by atomic mass is 10.1. The summed E-state index contributed by atoms with van der Waals surface area (Å²) in [6, 6.07) is 6.38. The second-order valence-electron chi connectivity index (χ2n) is 4.15. The van der Waals surface area contributed by atoms with Gasteiger partial charge in [-0.15, -0.1) is 0 Å². The van der Waals surface area contributed by atoms with Gasteiger partial charge in [-0.2, -0.15) is 5.10 Å². The number of nitrogens with zero attached hydrogens (tertiary/aromatic N) is 1. The summed E-state index contributed by atoms with van der Waals surface area (Å²) in [6.45, 7) is 4.25. The molecule has 0 aliphatic carbocycles. The first-order chi connectivity index (χ1) is 8.67. The minimum Gasteiger partial charge on any atom is -0.545 e. The van der Waals surface area contributed by atoms with Crippen molar-refractivity contribution in [2.45, 2.75) is 39.5 Å². The van der Waals surface area contributed by atoms with Crippen LogP contribution in [0, 0.1) is 0 Å². The van der Waals surface area contributed by atoms with E-state index in [2.05, 4.69) is 24.4 Å². The van der Waals surface area contributed by atoms with E-state index in [1.54, 1.807) is 12.1 Å². The van der Waals surface area contributed by atoms with Crippen molar-refractivity contribution in [3.63, 3.8) is 0 Å². The zero-order valence-electron chi connectivity index (χ0n) is 10.9. The SMILES string of the molecule is CCCC(CCC)=NNc1ccc(C(=O)[O-])cc1. The van der Waals surface area contributed by atoms with Gasteiger partial charge in [0, 0.05) is 5.71 Å². The summed E-state index contributed by atoms with van der Waals surface area (Å²) in [5, 5.41) is 14.9. The molecule has 18 heavy (non-hydrogen) atoms. The van der Waals surface area contributed by atoms with Gasteiger partial charge < -0.3 is 9.90 Å². The van der Waals surface area contributed by atoms with Crippen LogP contribution in [0.2, 0.25) is 0 Å². The molecular formula is C14H19N2O2-. The van der Waals surface area contributed by atoms with Gasteiger partial charge in [-0.05, 0) is 30.5 Å². The van der Waals surface area contributed by atoms with E-state index in [0.717, 1.165) is 37.1 Å². The predicted octanol–water partition coefficient (Wildman–Crippen LogP) is 2.42. The van der Waals surface area contributed by atoms with Gasteiger partial charge in [0.15, 0.2) is 0 Å². The smallest absolute Gasteiger partial charge is 0.0715 e. The number of nitrogens with one attached hydrogen (secondary N) is 1. The minimum absolute atomic E-state index is 0.173. The summed E-state index contributed by atoms with van der Waals surface area (Å²) in [5.41, 5.74) is 5.05. The first kappa shape index (κ1) is 14.2. The number of rotatable bonds is 7. The van der Waals surface area contributed by atoms with Crippen LogP contribution in [0.3, 0.4) is 0 Å². The van der Waals surface area contributed by atoms with Crippen molar-refractivity contribution in [3.05, 3.63) is 29.8 Å². The van der Waals surface area contributed by atoms with Crippen LogP contribution >= 0.6 is 0 Å². The standard InChI is InChI=1S/C14H20N2O2/c1-3-5-12(6-4-2)15-16-13-9-7-11(8-10-13)14(17)18/h7-10,16H,3-6H2,1-2H3,(H,17,18)/p-1. The van der Waals surface area contributed by atoms with E-state index in [9.17, 15) is 9.90 Å². The maximum absolute atomic E-state index is 10.6. The highest BCUT2D eigenvalue weighted by Gasteiger charge is 1.98. The van der Waals surface area contributed by atoms with Crippen molar-refractivity contribution < 1.29 is 9.90 Å². The second-order valence-corrected chi connectivity index (χ2v) is 4.15. The fraction of sp³-hybridized carbons (Fsp3) is 0.429. The van der Waals surface area contributed by atoms with Gasteiger partial charge in [-0.3, -0.25) is 5.43 Å². The van der Waals surface area contributed by atoms with E-state index in [1.807, 2.05) is 0 Å². The highest BCUT2D eigenvalue weighted by atomic mass is 16.4. The number of hydrogen-bond acceptors (Lipinski definition) is 4. The Balaban J connectivity index is 2.65. The first-order valence-corrected chi connectivity index (χ1v) is 6.30. The highest BCUT2D eigenvalue weighted by molar-refractivity contribution is 5.86. The monoisotopic (exact) mass is 247 g/mol. The normalized spacial score (nSPS) is 9.89. The van der Waals surface area contributed by atoms with Crippen LogP contribution in [0.1, 0.15) is 49.9 Å². The summed E-state index contributed by atoms with van der Waals surface area (Å²) in [6.07, 6.45) is 4.12. The molecule has 0 amide bonds. The fourth-order valence-electron chi connectivity index (χ4n) is 1.64. The van der Waals surface area contributed by atoms with Crippen LogP contribution in [-0.4, -0.2) is 11.7 Å². The Kier molecular flexibility index (Phi) is 5.91. The Hall–Kier alpha value is -1.84. The molecule has 0 heterocycles.